The van der Waals surface area contributed by atoms with E-state index < -0.39 is 34.8 Å². The third kappa shape index (κ3) is 3.00. The van der Waals surface area contributed by atoms with Crippen LogP contribution in [0.15, 0.2) is 29.4 Å². The first-order valence-electron chi connectivity index (χ1n) is 5.50. The number of benzene rings is 1. The van der Waals surface area contributed by atoms with Crippen molar-refractivity contribution in [3.63, 3.8) is 0 Å². The molecule has 2 rings (SSSR count). The highest BCUT2D eigenvalue weighted by molar-refractivity contribution is 7.89. The number of halogens is 2. The number of aliphatic hydroxyl groups is 1. The Kier molecular flexibility index (Phi) is 4.12. The molecule has 0 radical (unpaired) electrons. The smallest absolute Gasteiger partial charge is 0.258 e. The van der Waals surface area contributed by atoms with Crippen LogP contribution in [0.1, 0.15) is 11.1 Å². The molecule has 0 spiro atoms. The van der Waals surface area contributed by atoms with E-state index >= 15 is 0 Å². The van der Waals surface area contributed by atoms with Crippen molar-refractivity contribution in [1.29, 1.82) is 0 Å². The van der Waals surface area contributed by atoms with E-state index in [0.717, 1.165) is 24.4 Å². The van der Waals surface area contributed by atoms with Crippen molar-refractivity contribution >= 4 is 10.0 Å². The number of hydrogen-bond acceptors (Lipinski definition) is 4. The predicted molar refractivity (Wildman–Crippen MR) is 64.9 cm³/mol. The van der Waals surface area contributed by atoms with E-state index in [2.05, 4.69) is 14.9 Å². The second-order valence-corrected chi connectivity index (χ2v) is 5.65. The van der Waals surface area contributed by atoms with Crippen molar-refractivity contribution in [2.75, 3.05) is 0 Å². The van der Waals surface area contributed by atoms with Crippen LogP contribution in [-0.4, -0.2) is 23.7 Å². The quantitative estimate of drug-likeness (QED) is 0.756. The lowest BCUT2D eigenvalue weighted by atomic mass is 10.2. The van der Waals surface area contributed by atoms with E-state index in [-0.39, 0.29) is 16.2 Å². The molecule has 3 N–H and O–H groups in total. The lowest BCUT2D eigenvalue weighted by molar-refractivity contribution is 0.278. The molecule has 0 unspecified atom stereocenters. The third-order valence-corrected chi connectivity index (χ3v) is 3.99. The van der Waals surface area contributed by atoms with Crippen LogP contribution in [0.2, 0.25) is 0 Å². The fourth-order valence-electron chi connectivity index (χ4n) is 1.57. The summed E-state index contributed by atoms with van der Waals surface area (Å²) in [5.41, 5.74) is -0.0455. The number of sulfonamides is 1. The number of nitrogens with zero attached hydrogens (tertiary/aromatic N) is 1. The van der Waals surface area contributed by atoms with Crippen molar-refractivity contribution in [2.45, 2.75) is 18.2 Å². The van der Waals surface area contributed by atoms with Gasteiger partial charge in [-0.25, -0.2) is 21.9 Å². The highest BCUT2D eigenvalue weighted by Crippen LogP contribution is 2.14. The minimum atomic E-state index is -4.00. The van der Waals surface area contributed by atoms with Gasteiger partial charge in [-0.15, -0.1) is 0 Å². The van der Waals surface area contributed by atoms with Gasteiger partial charge in [0.2, 0.25) is 0 Å². The van der Waals surface area contributed by atoms with Crippen LogP contribution < -0.4 is 4.72 Å². The molecule has 2 aromatic rings. The van der Waals surface area contributed by atoms with E-state index in [0.29, 0.717) is 0 Å². The summed E-state index contributed by atoms with van der Waals surface area (Å²) < 4.78 is 52.3. The molecule has 0 aliphatic rings. The van der Waals surface area contributed by atoms with E-state index in [9.17, 15) is 17.2 Å². The second-order valence-electron chi connectivity index (χ2n) is 3.94. The van der Waals surface area contributed by atoms with E-state index in [4.69, 9.17) is 5.11 Å². The molecule has 0 atom stereocenters. The molecule has 1 aromatic heterocycles. The van der Waals surface area contributed by atoms with Crippen LogP contribution in [0, 0.1) is 11.6 Å². The minimum absolute atomic E-state index is 0.0808. The summed E-state index contributed by atoms with van der Waals surface area (Å²) in [5.74, 6) is -1.39. The van der Waals surface area contributed by atoms with Crippen LogP contribution in [-0.2, 0) is 23.2 Å². The third-order valence-electron chi connectivity index (χ3n) is 2.58. The molecular weight excluding hydrogens is 292 g/mol. The van der Waals surface area contributed by atoms with Crippen LogP contribution in [0.4, 0.5) is 8.78 Å². The summed E-state index contributed by atoms with van der Waals surface area (Å²) >= 11 is 0. The zero-order valence-electron chi connectivity index (χ0n) is 10.1. The molecule has 108 valence electrons. The molecule has 9 heteroatoms. The minimum Gasteiger partial charge on any atom is -0.392 e. The average molecular weight is 303 g/mol. The maximum absolute atomic E-state index is 13.4. The Morgan fingerprint density at radius 3 is 2.75 bits per heavy atom. The number of H-pyrrole nitrogens is 1. The Hall–Kier alpha value is -1.84. The summed E-state index contributed by atoms with van der Waals surface area (Å²) in [6, 6.07) is 2.75. The van der Waals surface area contributed by atoms with Gasteiger partial charge in [0.05, 0.1) is 12.8 Å². The first kappa shape index (κ1) is 14.6. The normalized spacial score (nSPS) is 11.8. The maximum Gasteiger partial charge on any atom is 0.258 e. The Morgan fingerprint density at radius 1 is 1.30 bits per heavy atom. The van der Waals surface area contributed by atoms with Crippen LogP contribution in [0.3, 0.4) is 0 Å². The van der Waals surface area contributed by atoms with Crippen molar-refractivity contribution in [2.24, 2.45) is 0 Å². The number of aromatic amines is 1. The van der Waals surface area contributed by atoms with Crippen molar-refractivity contribution in [3.05, 3.63) is 47.2 Å². The molecule has 0 amide bonds. The SMILES string of the molecule is O=S(=O)(NCc1cc(F)ccc1F)c1[nH]ncc1CO. The Bertz CT molecular complexity index is 715. The van der Waals surface area contributed by atoms with Crippen molar-refractivity contribution in [3.8, 4) is 0 Å². The molecular formula is C11H11F2N3O3S. The highest BCUT2D eigenvalue weighted by Gasteiger charge is 2.20. The standard InChI is InChI=1S/C11H11F2N3O3S/c12-9-1-2-10(13)7(3-9)5-15-20(18,19)11-8(6-17)4-14-16-11/h1-4,15,17H,5-6H2,(H,14,16). The van der Waals surface area contributed by atoms with Crippen molar-refractivity contribution in [1.82, 2.24) is 14.9 Å². The first-order chi connectivity index (χ1) is 9.44. The molecule has 20 heavy (non-hydrogen) atoms. The van der Waals surface area contributed by atoms with Gasteiger partial charge < -0.3 is 5.11 Å². The fraction of sp³-hybridized carbons (Fsp3) is 0.182. The average Bonchev–Trinajstić information content (AvgIpc) is 2.89. The van der Waals surface area contributed by atoms with Crippen LogP contribution >= 0.6 is 0 Å². The summed E-state index contributed by atoms with van der Waals surface area (Å²) in [6.07, 6.45) is 1.16. The van der Waals surface area contributed by atoms with E-state index in [1.54, 1.807) is 0 Å². The van der Waals surface area contributed by atoms with Gasteiger partial charge in [0.1, 0.15) is 11.6 Å². The van der Waals surface area contributed by atoms with Gasteiger partial charge in [0, 0.05) is 17.7 Å². The highest BCUT2D eigenvalue weighted by atomic mass is 32.2. The molecule has 1 aromatic carbocycles. The van der Waals surface area contributed by atoms with Gasteiger partial charge >= 0.3 is 0 Å². The number of aromatic nitrogens is 2. The zero-order valence-corrected chi connectivity index (χ0v) is 10.9. The molecule has 0 aliphatic heterocycles. The second kappa shape index (κ2) is 5.65. The van der Waals surface area contributed by atoms with Gasteiger partial charge in [-0.1, -0.05) is 0 Å². The summed E-state index contributed by atoms with van der Waals surface area (Å²) in [4.78, 5) is 0. The van der Waals surface area contributed by atoms with Gasteiger partial charge in [0.15, 0.2) is 5.03 Å². The van der Waals surface area contributed by atoms with Gasteiger partial charge in [-0.05, 0) is 18.2 Å². The monoisotopic (exact) mass is 303 g/mol. The van der Waals surface area contributed by atoms with Crippen molar-refractivity contribution < 1.29 is 22.3 Å². The van der Waals surface area contributed by atoms with Crippen LogP contribution in [0.5, 0.6) is 0 Å². The summed E-state index contributed by atoms with van der Waals surface area (Å²) in [6.45, 7) is -0.934. The molecule has 0 saturated heterocycles. The van der Waals surface area contributed by atoms with E-state index in [1.807, 2.05) is 0 Å². The molecule has 0 saturated carbocycles. The number of nitrogens with one attached hydrogen (secondary N) is 2. The summed E-state index contributed by atoms with van der Waals surface area (Å²) in [7, 11) is -4.00. The lowest BCUT2D eigenvalue weighted by Gasteiger charge is -2.07. The molecule has 0 fully saturated rings. The predicted octanol–water partition coefficient (Wildman–Crippen LogP) is 0.659. The molecule has 1 heterocycles. The van der Waals surface area contributed by atoms with Gasteiger partial charge in [-0.3, -0.25) is 5.10 Å². The fourth-order valence-corrected chi connectivity index (χ4v) is 2.69. The maximum atomic E-state index is 13.4. The molecule has 6 nitrogen and oxygen atoms in total. The van der Waals surface area contributed by atoms with Gasteiger partial charge in [-0.2, -0.15) is 5.10 Å². The zero-order chi connectivity index (χ0) is 14.8. The molecule has 0 bridgehead atoms. The Morgan fingerprint density at radius 2 is 2.05 bits per heavy atom. The number of hydrogen-bond donors (Lipinski definition) is 3. The van der Waals surface area contributed by atoms with Gasteiger partial charge in [0.25, 0.3) is 10.0 Å². The summed E-state index contributed by atoms with van der Waals surface area (Å²) in [5, 5.41) is 14.4. The van der Waals surface area contributed by atoms with E-state index in [1.165, 1.54) is 0 Å². The Labute approximate surface area is 113 Å². The van der Waals surface area contributed by atoms with Crippen LogP contribution in [0.25, 0.3) is 0 Å². The lowest BCUT2D eigenvalue weighted by Crippen LogP contribution is -2.25. The Balaban J connectivity index is 2.20. The topological polar surface area (TPSA) is 95.1 Å². The first-order valence-corrected chi connectivity index (χ1v) is 6.99. The largest absolute Gasteiger partial charge is 0.392 e. The molecule has 0 aliphatic carbocycles. The number of rotatable bonds is 5. The number of aliphatic hydroxyl groups excluding tert-OH is 1.